The molecule has 1 amide bonds. The zero-order chi connectivity index (χ0) is 20.4. The highest BCUT2D eigenvalue weighted by atomic mass is 16.5. The van der Waals surface area contributed by atoms with Crippen LogP contribution in [0.3, 0.4) is 0 Å². The number of nitrogens with one attached hydrogen (secondary N) is 1. The molecule has 4 rings (SSSR count). The van der Waals surface area contributed by atoms with Crippen molar-refractivity contribution < 1.29 is 14.3 Å². The standard InChI is InChI=1S/C25H23NO3/c1-17-6-9-21(15-23(17)19-5-3-4-18(14-19)16-27)26-24(28)25(12-13-25)20-7-10-22(29-2)11-8-20/h3-11,14-16H,12-13H2,1-2H3,(H,26,28). The number of anilines is 1. The van der Waals surface area contributed by atoms with Crippen LogP contribution in [0.4, 0.5) is 5.69 Å². The maximum absolute atomic E-state index is 13.1. The number of aryl methyl sites for hydroxylation is 1. The Morgan fingerprint density at radius 3 is 2.45 bits per heavy atom. The molecule has 0 aliphatic heterocycles. The molecule has 29 heavy (non-hydrogen) atoms. The van der Waals surface area contributed by atoms with Crippen molar-refractivity contribution in [2.45, 2.75) is 25.2 Å². The van der Waals surface area contributed by atoms with Crippen molar-refractivity contribution in [2.75, 3.05) is 12.4 Å². The van der Waals surface area contributed by atoms with Crippen molar-refractivity contribution in [3.05, 3.63) is 83.4 Å². The minimum atomic E-state index is -0.464. The number of carbonyl (C=O) groups excluding carboxylic acids is 2. The molecule has 0 atom stereocenters. The molecule has 1 fully saturated rings. The summed E-state index contributed by atoms with van der Waals surface area (Å²) < 4.78 is 5.22. The molecular weight excluding hydrogens is 362 g/mol. The highest BCUT2D eigenvalue weighted by Crippen LogP contribution is 2.49. The van der Waals surface area contributed by atoms with Crippen molar-refractivity contribution >= 4 is 17.9 Å². The van der Waals surface area contributed by atoms with Crippen LogP contribution >= 0.6 is 0 Å². The summed E-state index contributed by atoms with van der Waals surface area (Å²) in [6, 6.07) is 21.1. The van der Waals surface area contributed by atoms with Gasteiger partial charge in [-0.2, -0.15) is 0 Å². The van der Waals surface area contributed by atoms with Crippen molar-refractivity contribution in [1.29, 1.82) is 0 Å². The Balaban J connectivity index is 1.59. The highest BCUT2D eigenvalue weighted by molar-refractivity contribution is 6.01. The summed E-state index contributed by atoms with van der Waals surface area (Å²) in [5.41, 5.74) is 4.98. The van der Waals surface area contributed by atoms with Crippen molar-refractivity contribution in [1.82, 2.24) is 0 Å². The summed E-state index contributed by atoms with van der Waals surface area (Å²) in [7, 11) is 1.63. The quantitative estimate of drug-likeness (QED) is 0.597. The van der Waals surface area contributed by atoms with Crippen LogP contribution in [0.25, 0.3) is 11.1 Å². The van der Waals surface area contributed by atoms with Crippen molar-refractivity contribution in [3.8, 4) is 16.9 Å². The van der Waals surface area contributed by atoms with E-state index < -0.39 is 5.41 Å². The minimum absolute atomic E-state index is 0.0131. The van der Waals surface area contributed by atoms with E-state index >= 15 is 0 Å². The SMILES string of the molecule is COc1ccc(C2(C(=O)Nc3ccc(C)c(-c4cccc(C=O)c4)c3)CC2)cc1. The van der Waals surface area contributed by atoms with Gasteiger partial charge < -0.3 is 10.1 Å². The van der Waals surface area contributed by atoms with E-state index in [0.29, 0.717) is 5.56 Å². The first-order chi connectivity index (χ1) is 14.1. The van der Waals surface area contributed by atoms with Crippen LogP contribution in [0.5, 0.6) is 5.75 Å². The molecule has 146 valence electrons. The first kappa shape index (κ1) is 18.9. The van der Waals surface area contributed by atoms with Gasteiger partial charge in [0.25, 0.3) is 0 Å². The van der Waals surface area contributed by atoms with Crippen LogP contribution in [0.15, 0.2) is 66.7 Å². The predicted molar refractivity (Wildman–Crippen MR) is 115 cm³/mol. The summed E-state index contributed by atoms with van der Waals surface area (Å²) in [5, 5.41) is 3.10. The third kappa shape index (κ3) is 3.66. The summed E-state index contributed by atoms with van der Waals surface area (Å²) in [5.74, 6) is 0.796. The molecule has 4 nitrogen and oxygen atoms in total. The number of hydrogen-bond acceptors (Lipinski definition) is 3. The van der Waals surface area contributed by atoms with Crippen LogP contribution in [0.2, 0.25) is 0 Å². The fraction of sp³-hybridized carbons (Fsp3) is 0.200. The molecule has 3 aromatic rings. The third-order valence-electron chi connectivity index (χ3n) is 5.66. The maximum atomic E-state index is 13.1. The first-order valence-corrected chi connectivity index (χ1v) is 9.68. The van der Waals surface area contributed by atoms with Crippen LogP contribution < -0.4 is 10.1 Å². The van der Waals surface area contributed by atoms with Gasteiger partial charge >= 0.3 is 0 Å². The van der Waals surface area contributed by atoms with Gasteiger partial charge in [-0.05, 0) is 72.4 Å². The van der Waals surface area contributed by atoms with Gasteiger partial charge in [-0.15, -0.1) is 0 Å². The number of rotatable bonds is 6. The Kier molecular flexibility index (Phi) is 4.93. The van der Waals surface area contributed by atoms with E-state index in [2.05, 4.69) is 5.32 Å². The Morgan fingerprint density at radius 2 is 1.79 bits per heavy atom. The molecule has 1 N–H and O–H groups in total. The van der Waals surface area contributed by atoms with Gasteiger partial charge in [0.05, 0.1) is 12.5 Å². The predicted octanol–water partition coefficient (Wildman–Crippen LogP) is 5.15. The lowest BCUT2D eigenvalue weighted by Crippen LogP contribution is -2.27. The molecule has 0 radical (unpaired) electrons. The summed E-state index contributed by atoms with van der Waals surface area (Å²) in [4.78, 5) is 24.2. The summed E-state index contributed by atoms with van der Waals surface area (Å²) in [6.45, 7) is 2.02. The Bertz CT molecular complexity index is 1070. The molecule has 0 unspecified atom stereocenters. The molecule has 0 aromatic heterocycles. The van der Waals surface area contributed by atoms with E-state index in [0.717, 1.165) is 52.8 Å². The van der Waals surface area contributed by atoms with Crippen LogP contribution in [-0.2, 0) is 10.2 Å². The Labute approximate surface area is 170 Å². The lowest BCUT2D eigenvalue weighted by molar-refractivity contribution is -0.118. The number of hydrogen-bond donors (Lipinski definition) is 1. The molecule has 3 aromatic carbocycles. The van der Waals surface area contributed by atoms with E-state index in [9.17, 15) is 9.59 Å². The molecule has 0 heterocycles. The smallest absolute Gasteiger partial charge is 0.235 e. The summed E-state index contributed by atoms with van der Waals surface area (Å²) >= 11 is 0. The van der Waals surface area contributed by atoms with Gasteiger partial charge in [0.1, 0.15) is 12.0 Å². The molecule has 0 spiro atoms. The zero-order valence-electron chi connectivity index (χ0n) is 16.6. The van der Waals surface area contributed by atoms with Crippen molar-refractivity contribution in [3.63, 3.8) is 0 Å². The Hall–Kier alpha value is -3.40. The van der Waals surface area contributed by atoms with E-state index in [1.165, 1.54) is 0 Å². The molecule has 1 aliphatic rings. The van der Waals surface area contributed by atoms with Gasteiger partial charge in [-0.1, -0.05) is 36.4 Å². The van der Waals surface area contributed by atoms with E-state index in [-0.39, 0.29) is 5.91 Å². The summed E-state index contributed by atoms with van der Waals surface area (Å²) in [6.07, 6.45) is 2.52. The second-order valence-electron chi connectivity index (χ2n) is 7.54. The first-order valence-electron chi connectivity index (χ1n) is 9.68. The second-order valence-corrected chi connectivity index (χ2v) is 7.54. The number of benzene rings is 3. The van der Waals surface area contributed by atoms with Gasteiger partial charge in [0, 0.05) is 11.3 Å². The molecule has 0 bridgehead atoms. The van der Waals surface area contributed by atoms with Crippen LogP contribution in [0.1, 0.15) is 34.3 Å². The largest absolute Gasteiger partial charge is 0.497 e. The molecule has 0 saturated heterocycles. The number of carbonyl (C=O) groups is 2. The second kappa shape index (κ2) is 7.55. The maximum Gasteiger partial charge on any atom is 0.235 e. The van der Waals surface area contributed by atoms with Gasteiger partial charge in [0.2, 0.25) is 5.91 Å². The van der Waals surface area contributed by atoms with Gasteiger partial charge in [0.15, 0.2) is 0 Å². The van der Waals surface area contributed by atoms with Crippen molar-refractivity contribution in [2.24, 2.45) is 0 Å². The fourth-order valence-corrected chi connectivity index (χ4v) is 3.72. The number of methoxy groups -OCH3 is 1. The molecular formula is C25H23NO3. The molecule has 1 aliphatic carbocycles. The number of amides is 1. The van der Waals surface area contributed by atoms with E-state index in [1.54, 1.807) is 13.2 Å². The normalized spacial score (nSPS) is 14.1. The van der Waals surface area contributed by atoms with E-state index in [1.807, 2.05) is 67.6 Å². The van der Waals surface area contributed by atoms with Gasteiger partial charge in [-0.25, -0.2) is 0 Å². The molecule has 1 saturated carbocycles. The van der Waals surface area contributed by atoms with E-state index in [4.69, 9.17) is 4.74 Å². The fourth-order valence-electron chi connectivity index (χ4n) is 3.72. The minimum Gasteiger partial charge on any atom is -0.497 e. The lowest BCUT2D eigenvalue weighted by Gasteiger charge is -2.17. The monoisotopic (exact) mass is 385 g/mol. The lowest BCUT2D eigenvalue weighted by atomic mass is 9.94. The number of ether oxygens (including phenoxy) is 1. The van der Waals surface area contributed by atoms with Crippen LogP contribution in [-0.4, -0.2) is 19.3 Å². The average Bonchev–Trinajstić information content (AvgIpc) is 3.57. The zero-order valence-corrected chi connectivity index (χ0v) is 16.6. The van der Waals surface area contributed by atoms with Gasteiger partial charge in [-0.3, -0.25) is 9.59 Å². The highest BCUT2D eigenvalue weighted by Gasteiger charge is 2.51. The van der Waals surface area contributed by atoms with Crippen LogP contribution in [0, 0.1) is 6.92 Å². The third-order valence-corrected chi connectivity index (χ3v) is 5.66. The Morgan fingerprint density at radius 1 is 1.03 bits per heavy atom. The average molecular weight is 385 g/mol. The molecule has 4 heteroatoms. The topological polar surface area (TPSA) is 55.4 Å². The number of aldehydes is 1.